The Balaban J connectivity index is 1.60. The van der Waals surface area contributed by atoms with Crippen LogP contribution in [0.3, 0.4) is 0 Å². The van der Waals surface area contributed by atoms with Crippen LogP contribution < -0.4 is 4.74 Å². The molecule has 1 amide bonds. The van der Waals surface area contributed by atoms with Crippen LogP contribution in [-0.2, 0) is 14.6 Å². The summed E-state index contributed by atoms with van der Waals surface area (Å²) >= 11 is 0. The minimum atomic E-state index is -4.94. The highest BCUT2D eigenvalue weighted by Gasteiger charge is 2.47. The molecule has 0 spiro atoms. The van der Waals surface area contributed by atoms with Crippen LogP contribution in [0, 0.1) is 0 Å². The lowest BCUT2D eigenvalue weighted by molar-refractivity contribution is -0.274. The molecule has 1 fully saturated rings. The number of piperidine rings is 1. The molecule has 1 aliphatic heterocycles. The van der Waals surface area contributed by atoms with Crippen molar-refractivity contribution in [1.29, 1.82) is 0 Å². The number of ether oxygens (including phenoxy) is 2. The number of sulfone groups is 1. The molecule has 1 aromatic heterocycles. The average Bonchev–Trinajstić information content (AvgIpc) is 3.21. The van der Waals surface area contributed by atoms with Gasteiger partial charge in [0.15, 0.2) is 9.84 Å². The largest absolute Gasteiger partial charge is 0.573 e. The van der Waals surface area contributed by atoms with Gasteiger partial charge in [-0.25, -0.2) is 13.2 Å². The quantitative estimate of drug-likeness (QED) is 0.328. The van der Waals surface area contributed by atoms with Gasteiger partial charge in [-0.1, -0.05) is 36.4 Å². The van der Waals surface area contributed by atoms with Crippen LogP contribution in [0.5, 0.6) is 5.75 Å². The van der Waals surface area contributed by atoms with E-state index in [2.05, 4.69) is 4.74 Å². The lowest BCUT2D eigenvalue weighted by atomic mass is 10.0. The van der Waals surface area contributed by atoms with E-state index in [9.17, 15) is 31.5 Å². The maximum Gasteiger partial charge on any atom is 0.573 e. The molecule has 0 bridgehead atoms. The van der Waals surface area contributed by atoms with Gasteiger partial charge in [0.05, 0.1) is 17.0 Å². The topological polar surface area (TPSA) is 98.1 Å². The molecule has 12 heteroatoms. The Morgan fingerprint density at radius 1 is 0.878 bits per heavy atom. The smallest absolute Gasteiger partial charge is 0.444 e. The summed E-state index contributed by atoms with van der Waals surface area (Å²) in [5.74, 6) is -0.584. The lowest BCUT2D eigenvalue weighted by Gasteiger charge is -2.42. The molecular formula is C29H29F3N2O6S. The maximum absolute atomic E-state index is 13.9. The molecule has 218 valence electrons. The van der Waals surface area contributed by atoms with Crippen LogP contribution >= 0.6 is 0 Å². The number of aliphatic hydroxyl groups is 1. The van der Waals surface area contributed by atoms with E-state index in [0.717, 1.165) is 46.1 Å². The third-order valence-corrected chi connectivity index (χ3v) is 9.12. The molecule has 8 nitrogen and oxygen atoms in total. The van der Waals surface area contributed by atoms with Gasteiger partial charge in [0.1, 0.15) is 16.6 Å². The first-order valence-corrected chi connectivity index (χ1v) is 14.4. The van der Waals surface area contributed by atoms with Gasteiger partial charge in [0, 0.05) is 34.9 Å². The third kappa shape index (κ3) is 5.71. The van der Waals surface area contributed by atoms with Crippen LogP contribution in [0.2, 0.25) is 0 Å². The zero-order valence-electron chi connectivity index (χ0n) is 22.5. The lowest BCUT2D eigenvalue weighted by Crippen LogP contribution is -2.57. The first kappa shape index (κ1) is 28.7. The molecule has 4 aromatic rings. The Morgan fingerprint density at radius 3 is 1.93 bits per heavy atom. The number of alkyl halides is 3. The Morgan fingerprint density at radius 2 is 1.41 bits per heavy atom. The van der Waals surface area contributed by atoms with Crippen molar-refractivity contribution in [2.75, 3.05) is 13.1 Å². The second-order valence-corrected chi connectivity index (χ2v) is 13.1. The van der Waals surface area contributed by atoms with E-state index in [-0.39, 0.29) is 18.0 Å². The molecule has 2 heterocycles. The zero-order chi connectivity index (χ0) is 29.7. The normalized spacial score (nSPS) is 20.4. The van der Waals surface area contributed by atoms with Crippen molar-refractivity contribution in [2.24, 2.45) is 0 Å². The van der Waals surface area contributed by atoms with Crippen LogP contribution in [-0.4, -0.2) is 65.5 Å². The summed E-state index contributed by atoms with van der Waals surface area (Å²) in [5.41, 5.74) is 0.625. The van der Waals surface area contributed by atoms with Gasteiger partial charge < -0.3 is 24.0 Å². The van der Waals surface area contributed by atoms with Crippen LogP contribution in [0.25, 0.3) is 21.8 Å². The number of hydrogen-bond donors (Lipinski definition) is 1. The van der Waals surface area contributed by atoms with Gasteiger partial charge in [-0.15, -0.1) is 13.2 Å². The number of aromatic nitrogens is 1. The van der Waals surface area contributed by atoms with E-state index in [1.165, 1.54) is 4.90 Å². The van der Waals surface area contributed by atoms with Crippen LogP contribution in [0.15, 0.2) is 77.7 Å². The number of carbonyl (C=O) groups excluding carboxylic acids is 1. The zero-order valence-corrected chi connectivity index (χ0v) is 23.3. The molecule has 0 unspecified atom stereocenters. The summed E-state index contributed by atoms with van der Waals surface area (Å²) in [5, 5.41) is 12.0. The second-order valence-electron chi connectivity index (χ2n) is 11.0. The number of halogens is 3. The highest BCUT2D eigenvalue weighted by molar-refractivity contribution is 7.92. The number of rotatable bonds is 4. The third-order valence-electron chi connectivity index (χ3n) is 6.97. The van der Waals surface area contributed by atoms with E-state index in [4.69, 9.17) is 4.74 Å². The molecule has 5 rings (SSSR count). The SMILES string of the molecule is CC(C)(C)OC(=O)N1C[C@@H](S(=O)(=O)c2ccc(OC(F)(F)F)cc2)[C@H](O)[C@@H](n2c3ccccc3c3ccccc32)C1. The Hall–Kier alpha value is -3.77. The number of para-hydroxylation sites is 2. The van der Waals surface area contributed by atoms with E-state index < -0.39 is 51.0 Å². The summed E-state index contributed by atoms with van der Waals surface area (Å²) < 4.78 is 76.9. The van der Waals surface area contributed by atoms with Crippen molar-refractivity contribution in [3.05, 3.63) is 72.8 Å². The van der Waals surface area contributed by atoms with Crippen molar-refractivity contribution in [1.82, 2.24) is 9.47 Å². The molecule has 0 radical (unpaired) electrons. The molecule has 1 saturated heterocycles. The van der Waals surface area contributed by atoms with E-state index >= 15 is 0 Å². The molecule has 0 saturated carbocycles. The highest BCUT2D eigenvalue weighted by atomic mass is 32.2. The fourth-order valence-electron chi connectivity index (χ4n) is 5.29. The fraction of sp³-hybridized carbons (Fsp3) is 0.345. The molecular weight excluding hydrogens is 561 g/mol. The van der Waals surface area contributed by atoms with Gasteiger partial charge >= 0.3 is 12.5 Å². The summed E-state index contributed by atoms with van der Waals surface area (Å²) in [6.45, 7) is 4.64. The van der Waals surface area contributed by atoms with E-state index in [1.54, 1.807) is 20.8 Å². The van der Waals surface area contributed by atoms with Crippen molar-refractivity contribution in [3.8, 4) is 5.75 Å². The number of carbonyl (C=O) groups is 1. The minimum absolute atomic E-state index is 0.0386. The number of hydrogen-bond acceptors (Lipinski definition) is 6. The van der Waals surface area contributed by atoms with Gasteiger partial charge in [0.2, 0.25) is 0 Å². The van der Waals surface area contributed by atoms with Crippen molar-refractivity contribution < 1.29 is 41.0 Å². The Labute approximate surface area is 234 Å². The van der Waals surface area contributed by atoms with Gasteiger partial charge in [-0.05, 0) is 57.2 Å². The summed E-state index contributed by atoms with van der Waals surface area (Å²) in [4.78, 5) is 14.2. The van der Waals surface area contributed by atoms with Gasteiger partial charge in [0.25, 0.3) is 0 Å². The fourth-order valence-corrected chi connectivity index (χ4v) is 7.08. The van der Waals surface area contributed by atoms with Crippen LogP contribution in [0.1, 0.15) is 26.8 Å². The Bertz CT molecular complexity index is 1640. The Kier molecular flexibility index (Phi) is 7.19. The summed E-state index contributed by atoms with van der Waals surface area (Å²) in [6, 6.07) is 17.9. The number of likely N-dealkylation sites (tertiary alicyclic amines) is 1. The average molecular weight is 591 g/mol. The number of nitrogens with zero attached hydrogens (tertiary/aromatic N) is 2. The molecule has 0 aliphatic carbocycles. The first-order valence-electron chi connectivity index (χ1n) is 12.9. The van der Waals surface area contributed by atoms with Gasteiger partial charge in [-0.2, -0.15) is 0 Å². The molecule has 1 aliphatic rings. The minimum Gasteiger partial charge on any atom is -0.444 e. The van der Waals surface area contributed by atoms with Crippen LogP contribution in [0.4, 0.5) is 18.0 Å². The van der Waals surface area contributed by atoms with Crippen molar-refractivity contribution >= 4 is 37.7 Å². The van der Waals surface area contributed by atoms with Crippen molar-refractivity contribution in [3.63, 3.8) is 0 Å². The van der Waals surface area contributed by atoms with Crippen molar-refractivity contribution in [2.45, 2.75) is 55.0 Å². The van der Waals surface area contributed by atoms with E-state index in [1.807, 2.05) is 53.1 Å². The highest BCUT2D eigenvalue weighted by Crippen LogP contribution is 2.38. The number of benzene rings is 3. The monoisotopic (exact) mass is 590 g/mol. The molecule has 3 atom stereocenters. The summed E-state index contributed by atoms with van der Waals surface area (Å²) in [6.07, 6.45) is -7.17. The first-order chi connectivity index (χ1) is 19.2. The van der Waals surface area contributed by atoms with E-state index in [0.29, 0.717) is 0 Å². The summed E-state index contributed by atoms with van der Waals surface area (Å²) in [7, 11) is -4.36. The second kappa shape index (κ2) is 10.3. The van der Waals surface area contributed by atoms with Gasteiger partial charge in [-0.3, -0.25) is 0 Å². The predicted molar refractivity (Wildman–Crippen MR) is 146 cm³/mol. The predicted octanol–water partition coefficient (Wildman–Crippen LogP) is 5.69. The maximum atomic E-state index is 13.9. The standard InChI is InChI=1S/C29H29F3N2O6S/c1-28(2,3)40-27(36)33-16-24(34-22-10-6-4-8-20(22)21-9-5-7-11-23(21)34)26(35)25(17-33)41(37,38)19-14-12-18(13-15-19)39-29(30,31)32/h4-15,24-26,35H,16-17H2,1-3H3/t24-,25+,26+/m0/s1. The molecule has 41 heavy (non-hydrogen) atoms. The molecule has 3 aromatic carbocycles. The number of amides is 1. The molecule has 1 N–H and O–H groups in total. The number of aliphatic hydroxyl groups excluding tert-OH is 1. The number of fused-ring (bicyclic) bond motifs is 3.